The monoisotopic (exact) mass is 248 g/mol. The minimum Gasteiger partial charge on any atom is -0.355 e. The smallest absolute Gasteiger partial charge is 0.355 e. The van der Waals surface area contributed by atoms with Crippen molar-refractivity contribution in [3.05, 3.63) is 39.4 Å². The van der Waals surface area contributed by atoms with Crippen LogP contribution >= 0.6 is 0 Å². The highest BCUT2D eigenvalue weighted by atomic mass is 19.4. The number of carbonyl (C=O) groups excluding carboxylic acids is 1. The zero-order valence-corrected chi connectivity index (χ0v) is 8.54. The number of non-ortho nitro benzene ring substituents is 1. The van der Waals surface area contributed by atoms with Gasteiger partial charge in [-0.1, -0.05) is 0 Å². The van der Waals surface area contributed by atoms with Gasteiger partial charge >= 0.3 is 6.18 Å². The van der Waals surface area contributed by atoms with Crippen LogP contribution in [0.4, 0.5) is 18.9 Å². The molecule has 0 atom stereocenters. The van der Waals surface area contributed by atoms with Crippen molar-refractivity contribution in [2.75, 3.05) is 7.05 Å². The molecule has 1 rings (SSSR count). The summed E-state index contributed by atoms with van der Waals surface area (Å²) in [5.74, 6) is -0.820. The summed E-state index contributed by atoms with van der Waals surface area (Å²) in [7, 11) is 1.22. The summed E-state index contributed by atoms with van der Waals surface area (Å²) in [6, 6.07) is 1.73. The number of halogens is 3. The lowest BCUT2D eigenvalue weighted by Gasteiger charge is -2.08. The lowest BCUT2D eigenvalue weighted by atomic mass is 10.1. The van der Waals surface area contributed by atoms with E-state index in [1.165, 1.54) is 7.05 Å². The van der Waals surface area contributed by atoms with Gasteiger partial charge in [-0.05, 0) is 6.07 Å². The number of hydrogen-bond acceptors (Lipinski definition) is 3. The fraction of sp³-hybridized carbons (Fsp3) is 0.222. The maximum Gasteiger partial charge on any atom is 0.416 e. The molecule has 17 heavy (non-hydrogen) atoms. The molecule has 0 unspecified atom stereocenters. The molecule has 0 heterocycles. The number of amides is 1. The summed E-state index contributed by atoms with van der Waals surface area (Å²) >= 11 is 0. The Labute approximate surface area is 93.4 Å². The standard InChI is InChI=1S/C9H7F3N2O3/c1-13-8(15)5-2-6(9(10,11)12)4-7(3-5)14(16)17/h2-4H,1H3,(H,13,15). The molecule has 0 saturated heterocycles. The van der Waals surface area contributed by atoms with Crippen LogP contribution in [-0.2, 0) is 6.18 Å². The van der Waals surface area contributed by atoms with Crippen LogP contribution in [0.3, 0.4) is 0 Å². The van der Waals surface area contributed by atoms with Gasteiger partial charge in [-0.25, -0.2) is 0 Å². The van der Waals surface area contributed by atoms with Gasteiger partial charge in [0.2, 0.25) is 0 Å². The van der Waals surface area contributed by atoms with E-state index >= 15 is 0 Å². The van der Waals surface area contributed by atoms with Gasteiger partial charge in [0.1, 0.15) is 0 Å². The van der Waals surface area contributed by atoms with Crippen molar-refractivity contribution in [2.45, 2.75) is 6.18 Å². The largest absolute Gasteiger partial charge is 0.416 e. The van der Waals surface area contributed by atoms with Gasteiger partial charge in [-0.15, -0.1) is 0 Å². The molecule has 1 aromatic carbocycles. The highest BCUT2D eigenvalue weighted by Gasteiger charge is 2.33. The Balaban J connectivity index is 3.39. The third kappa shape index (κ3) is 2.92. The van der Waals surface area contributed by atoms with Gasteiger partial charge < -0.3 is 5.32 Å². The minimum absolute atomic E-state index is 0.381. The predicted molar refractivity (Wildman–Crippen MR) is 51.5 cm³/mol. The van der Waals surface area contributed by atoms with E-state index in [1.807, 2.05) is 0 Å². The zero-order chi connectivity index (χ0) is 13.2. The number of hydrogen-bond donors (Lipinski definition) is 1. The Hall–Kier alpha value is -2.12. The van der Waals surface area contributed by atoms with Crippen LogP contribution in [0.2, 0.25) is 0 Å². The molecule has 8 heteroatoms. The molecule has 1 amide bonds. The molecule has 1 aromatic rings. The van der Waals surface area contributed by atoms with E-state index in [1.54, 1.807) is 0 Å². The number of nitro groups is 1. The van der Waals surface area contributed by atoms with Crippen molar-refractivity contribution in [1.82, 2.24) is 5.32 Å². The molecule has 5 nitrogen and oxygen atoms in total. The Morgan fingerprint density at radius 1 is 1.35 bits per heavy atom. The number of carbonyl (C=O) groups is 1. The Kier molecular flexibility index (Phi) is 3.35. The first-order valence-corrected chi connectivity index (χ1v) is 4.34. The molecule has 92 valence electrons. The van der Waals surface area contributed by atoms with Crippen LogP contribution in [0, 0.1) is 10.1 Å². The quantitative estimate of drug-likeness (QED) is 0.642. The van der Waals surface area contributed by atoms with Gasteiger partial charge in [-0.2, -0.15) is 13.2 Å². The van der Waals surface area contributed by atoms with Crippen molar-refractivity contribution in [2.24, 2.45) is 0 Å². The van der Waals surface area contributed by atoms with Crippen molar-refractivity contribution in [3.63, 3.8) is 0 Å². The normalized spacial score (nSPS) is 11.1. The number of nitrogens with one attached hydrogen (secondary N) is 1. The van der Waals surface area contributed by atoms with Gasteiger partial charge in [0.25, 0.3) is 11.6 Å². The Morgan fingerprint density at radius 2 is 1.94 bits per heavy atom. The van der Waals surface area contributed by atoms with Gasteiger partial charge in [-0.3, -0.25) is 14.9 Å². The summed E-state index contributed by atoms with van der Waals surface area (Å²) in [4.78, 5) is 20.6. The lowest BCUT2D eigenvalue weighted by molar-refractivity contribution is -0.385. The van der Waals surface area contributed by atoms with E-state index in [9.17, 15) is 28.1 Å². The second-order valence-electron chi connectivity index (χ2n) is 3.10. The van der Waals surface area contributed by atoms with Crippen LogP contribution in [0.1, 0.15) is 15.9 Å². The van der Waals surface area contributed by atoms with E-state index in [2.05, 4.69) is 5.32 Å². The minimum atomic E-state index is -4.74. The van der Waals surface area contributed by atoms with Crippen LogP contribution in [-0.4, -0.2) is 17.9 Å². The number of nitro benzene ring substituents is 1. The molecule has 1 N–H and O–H groups in total. The second-order valence-corrected chi connectivity index (χ2v) is 3.10. The predicted octanol–water partition coefficient (Wildman–Crippen LogP) is 1.97. The average molecular weight is 248 g/mol. The van der Waals surface area contributed by atoms with E-state index in [0.717, 1.165) is 6.07 Å². The van der Waals surface area contributed by atoms with Crippen molar-refractivity contribution in [1.29, 1.82) is 0 Å². The summed E-state index contributed by atoms with van der Waals surface area (Å²) in [5, 5.41) is 12.5. The Morgan fingerprint density at radius 3 is 2.35 bits per heavy atom. The molecular formula is C9H7F3N2O3. The number of nitrogens with zero attached hydrogens (tertiary/aromatic N) is 1. The average Bonchev–Trinajstić information content (AvgIpc) is 2.26. The second kappa shape index (κ2) is 4.40. The summed E-state index contributed by atoms with van der Waals surface area (Å²) in [6.45, 7) is 0. The molecular weight excluding hydrogens is 241 g/mol. The summed E-state index contributed by atoms with van der Waals surface area (Å²) < 4.78 is 37.3. The van der Waals surface area contributed by atoms with Gasteiger partial charge in [0.05, 0.1) is 10.5 Å². The third-order valence-electron chi connectivity index (χ3n) is 1.95. The molecule has 0 aliphatic rings. The van der Waals surface area contributed by atoms with Crippen LogP contribution in [0.15, 0.2) is 18.2 Å². The van der Waals surface area contributed by atoms with E-state index in [0.29, 0.717) is 12.1 Å². The number of alkyl halides is 3. The van der Waals surface area contributed by atoms with E-state index < -0.39 is 33.8 Å². The van der Waals surface area contributed by atoms with Crippen molar-refractivity contribution < 1.29 is 22.9 Å². The number of rotatable bonds is 2. The van der Waals surface area contributed by atoms with Gasteiger partial charge in [0.15, 0.2) is 0 Å². The van der Waals surface area contributed by atoms with Crippen LogP contribution < -0.4 is 5.32 Å². The molecule has 0 aromatic heterocycles. The molecule has 0 bridgehead atoms. The van der Waals surface area contributed by atoms with Crippen LogP contribution in [0.5, 0.6) is 0 Å². The summed E-state index contributed by atoms with van der Waals surface area (Å²) in [6.07, 6.45) is -4.74. The molecule has 0 radical (unpaired) electrons. The molecule has 0 aliphatic carbocycles. The first-order chi connectivity index (χ1) is 7.75. The first-order valence-electron chi connectivity index (χ1n) is 4.34. The van der Waals surface area contributed by atoms with Gasteiger partial charge in [0, 0.05) is 24.7 Å². The van der Waals surface area contributed by atoms with Crippen LogP contribution in [0.25, 0.3) is 0 Å². The highest BCUT2D eigenvalue weighted by molar-refractivity contribution is 5.94. The molecule has 0 saturated carbocycles. The summed E-state index contributed by atoms with van der Waals surface area (Å²) in [5.41, 5.74) is -2.42. The van der Waals surface area contributed by atoms with E-state index in [-0.39, 0.29) is 0 Å². The highest BCUT2D eigenvalue weighted by Crippen LogP contribution is 2.32. The zero-order valence-electron chi connectivity index (χ0n) is 8.54. The number of benzene rings is 1. The third-order valence-corrected chi connectivity index (χ3v) is 1.95. The van der Waals surface area contributed by atoms with Crippen molar-refractivity contribution in [3.8, 4) is 0 Å². The molecule has 0 spiro atoms. The Bertz CT molecular complexity index is 471. The molecule has 0 fully saturated rings. The lowest BCUT2D eigenvalue weighted by Crippen LogP contribution is -2.19. The topological polar surface area (TPSA) is 72.2 Å². The SMILES string of the molecule is CNC(=O)c1cc([N+](=O)[O-])cc(C(F)(F)F)c1. The van der Waals surface area contributed by atoms with Crippen molar-refractivity contribution >= 4 is 11.6 Å². The fourth-order valence-corrected chi connectivity index (χ4v) is 1.16. The molecule has 0 aliphatic heterocycles. The fourth-order valence-electron chi connectivity index (χ4n) is 1.16. The van der Waals surface area contributed by atoms with E-state index in [4.69, 9.17) is 0 Å². The maximum absolute atomic E-state index is 12.4. The first kappa shape index (κ1) is 12.9. The maximum atomic E-state index is 12.4.